The molecule has 0 aliphatic carbocycles. The Labute approximate surface area is 146 Å². The van der Waals surface area contributed by atoms with Crippen molar-refractivity contribution in [2.24, 2.45) is 0 Å². The summed E-state index contributed by atoms with van der Waals surface area (Å²) in [7, 11) is 0. The largest absolute Gasteiger partial charge is 0.456 e. The molecule has 25 heavy (non-hydrogen) atoms. The van der Waals surface area contributed by atoms with E-state index in [0.29, 0.717) is 17.9 Å². The van der Waals surface area contributed by atoms with Crippen molar-refractivity contribution in [1.29, 1.82) is 0 Å². The monoisotopic (exact) mass is 330 g/mol. The fourth-order valence-corrected chi connectivity index (χ4v) is 3.35. The van der Waals surface area contributed by atoms with E-state index in [1.54, 1.807) is 6.92 Å². The summed E-state index contributed by atoms with van der Waals surface area (Å²) >= 11 is 0. The van der Waals surface area contributed by atoms with Crippen LogP contribution in [0.4, 0.5) is 0 Å². The normalized spacial score (nSPS) is 14.0. The van der Waals surface area contributed by atoms with Crippen molar-refractivity contribution in [3.05, 3.63) is 95.6 Å². The van der Waals surface area contributed by atoms with E-state index in [2.05, 4.69) is 0 Å². The lowest BCUT2D eigenvalue weighted by Crippen LogP contribution is -2.37. The van der Waals surface area contributed by atoms with Gasteiger partial charge in [0.25, 0.3) is 0 Å². The number of hydrogen-bond acceptors (Lipinski definition) is 3. The molecule has 0 saturated heterocycles. The van der Waals surface area contributed by atoms with Crippen molar-refractivity contribution in [3.63, 3.8) is 0 Å². The number of fused-ring (bicyclic) bond motifs is 2. The average molecular weight is 330 g/mol. The second-order valence-electron chi connectivity index (χ2n) is 5.97. The maximum Gasteiger partial charge on any atom is 0.307 e. The van der Waals surface area contributed by atoms with Crippen LogP contribution in [0.2, 0.25) is 0 Å². The van der Waals surface area contributed by atoms with E-state index in [0.717, 1.165) is 16.7 Å². The highest BCUT2D eigenvalue weighted by atomic mass is 16.6. The molecule has 3 aromatic rings. The molecule has 3 heteroatoms. The van der Waals surface area contributed by atoms with Gasteiger partial charge in [0, 0.05) is 23.1 Å². The summed E-state index contributed by atoms with van der Waals surface area (Å²) in [6.07, 6.45) is 0.305. The highest BCUT2D eigenvalue weighted by molar-refractivity contribution is 5.73. The summed E-state index contributed by atoms with van der Waals surface area (Å²) in [5.41, 5.74) is 1.56. The molecule has 0 fully saturated rings. The molecule has 4 rings (SSSR count). The molecule has 0 radical (unpaired) electrons. The molecule has 0 spiro atoms. The smallest absolute Gasteiger partial charge is 0.307 e. The van der Waals surface area contributed by atoms with Crippen LogP contribution >= 0.6 is 0 Å². The molecular formula is C22H18O3. The van der Waals surface area contributed by atoms with Crippen molar-refractivity contribution in [2.75, 3.05) is 0 Å². The van der Waals surface area contributed by atoms with E-state index in [1.165, 1.54) is 0 Å². The molecule has 3 nitrogen and oxygen atoms in total. The van der Waals surface area contributed by atoms with Crippen LogP contribution in [0.5, 0.6) is 11.5 Å². The first-order chi connectivity index (χ1) is 12.3. The highest BCUT2D eigenvalue weighted by Gasteiger charge is 2.46. The molecule has 0 bridgehead atoms. The fraction of sp³-hybridized carbons (Fsp3) is 0.136. The number of para-hydroxylation sites is 2. The molecule has 1 aliphatic heterocycles. The van der Waals surface area contributed by atoms with Gasteiger partial charge in [-0.25, -0.2) is 0 Å². The van der Waals surface area contributed by atoms with Crippen LogP contribution in [0.15, 0.2) is 78.9 Å². The Hall–Kier alpha value is -3.07. The zero-order valence-electron chi connectivity index (χ0n) is 13.9. The Morgan fingerprint density at radius 3 is 1.92 bits per heavy atom. The average Bonchev–Trinajstić information content (AvgIpc) is 2.68. The van der Waals surface area contributed by atoms with Crippen LogP contribution in [-0.2, 0) is 15.1 Å². The second kappa shape index (κ2) is 6.10. The van der Waals surface area contributed by atoms with Gasteiger partial charge < -0.3 is 9.47 Å². The summed E-state index contributed by atoms with van der Waals surface area (Å²) in [6, 6.07) is 25.3. The highest BCUT2D eigenvalue weighted by Crippen LogP contribution is 2.52. The Kier molecular flexibility index (Phi) is 3.77. The van der Waals surface area contributed by atoms with Crippen molar-refractivity contribution in [2.45, 2.75) is 18.9 Å². The standard InChI is InChI=1S/C22H18O3/c1-2-21(23)25-22(16-10-4-3-5-11-16)17-12-6-8-14-19(17)24-20-15-9-7-13-18(20)22/h3-15H,2H2,1H3. The molecule has 1 heterocycles. The van der Waals surface area contributed by atoms with E-state index in [1.807, 2.05) is 78.9 Å². The zero-order chi connectivity index (χ0) is 17.3. The zero-order valence-corrected chi connectivity index (χ0v) is 13.9. The van der Waals surface area contributed by atoms with E-state index < -0.39 is 5.60 Å². The van der Waals surface area contributed by atoms with Gasteiger partial charge in [-0.05, 0) is 12.1 Å². The van der Waals surface area contributed by atoms with E-state index in [-0.39, 0.29) is 5.97 Å². The third-order valence-corrected chi connectivity index (χ3v) is 4.49. The van der Waals surface area contributed by atoms with Crippen molar-refractivity contribution in [1.82, 2.24) is 0 Å². The SMILES string of the molecule is CCC(=O)OC1(c2ccccc2)c2ccccc2Oc2ccccc21. The summed E-state index contributed by atoms with van der Waals surface area (Å²) in [4.78, 5) is 12.4. The van der Waals surface area contributed by atoms with Gasteiger partial charge in [0.1, 0.15) is 11.5 Å². The van der Waals surface area contributed by atoms with Gasteiger partial charge in [-0.2, -0.15) is 0 Å². The van der Waals surface area contributed by atoms with Crippen molar-refractivity contribution < 1.29 is 14.3 Å². The van der Waals surface area contributed by atoms with Crippen molar-refractivity contribution in [3.8, 4) is 11.5 Å². The first-order valence-electron chi connectivity index (χ1n) is 8.40. The lowest BCUT2D eigenvalue weighted by Gasteiger charge is -2.39. The first-order valence-corrected chi connectivity index (χ1v) is 8.40. The van der Waals surface area contributed by atoms with Gasteiger partial charge >= 0.3 is 5.97 Å². The maximum atomic E-state index is 12.4. The van der Waals surface area contributed by atoms with Crippen LogP contribution in [0.1, 0.15) is 30.0 Å². The predicted molar refractivity (Wildman–Crippen MR) is 95.7 cm³/mol. The van der Waals surface area contributed by atoms with Crippen LogP contribution in [0, 0.1) is 0 Å². The fourth-order valence-electron chi connectivity index (χ4n) is 3.35. The Bertz CT molecular complexity index is 870. The predicted octanol–water partition coefficient (Wildman–Crippen LogP) is 5.04. The van der Waals surface area contributed by atoms with Crippen LogP contribution in [-0.4, -0.2) is 5.97 Å². The van der Waals surface area contributed by atoms with Gasteiger partial charge in [-0.3, -0.25) is 4.79 Å². The van der Waals surface area contributed by atoms with Crippen molar-refractivity contribution >= 4 is 5.97 Å². The quantitative estimate of drug-likeness (QED) is 0.631. The lowest BCUT2D eigenvalue weighted by molar-refractivity contribution is -0.153. The minimum absolute atomic E-state index is 0.254. The molecular weight excluding hydrogens is 312 g/mol. The van der Waals surface area contributed by atoms with E-state index >= 15 is 0 Å². The molecule has 0 saturated carbocycles. The van der Waals surface area contributed by atoms with Crippen LogP contribution in [0.25, 0.3) is 0 Å². The number of esters is 1. The Morgan fingerprint density at radius 1 is 0.840 bits per heavy atom. The van der Waals surface area contributed by atoms with E-state index in [4.69, 9.17) is 9.47 Å². The minimum Gasteiger partial charge on any atom is -0.456 e. The van der Waals surface area contributed by atoms with Crippen LogP contribution in [0.3, 0.4) is 0 Å². The van der Waals surface area contributed by atoms with Gasteiger partial charge in [0.05, 0.1) is 0 Å². The maximum absolute atomic E-state index is 12.4. The third-order valence-electron chi connectivity index (χ3n) is 4.49. The minimum atomic E-state index is -1.01. The summed E-state index contributed by atoms with van der Waals surface area (Å²) < 4.78 is 12.2. The number of rotatable bonds is 3. The van der Waals surface area contributed by atoms with Gasteiger partial charge in [0.15, 0.2) is 5.60 Å². The molecule has 3 aromatic carbocycles. The Morgan fingerprint density at radius 2 is 1.36 bits per heavy atom. The second-order valence-corrected chi connectivity index (χ2v) is 5.97. The summed E-state index contributed by atoms with van der Waals surface area (Å²) in [6.45, 7) is 1.80. The molecule has 0 atom stereocenters. The van der Waals surface area contributed by atoms with E-state index in [9.17, 15) is 4.79 Å². The molecule has 0 unspecified atom stereocenters. The lowest BCUT2D eigenvalue weighted by atomic mass is 9.78. The number of ether oxygens (including phenoxy) is 2. The number of benzene rings is 3. The molecule has 0 amide bonds. The Balaban J connectivity index is 2.07. The van der Waals surface area contributed by atoms with Gasteiger partial charge in [-0.15, -0.1) is 0 Å². The van der Waals surface area contributed by atoms with Gasteiger partial charge in [-0.1, -0.05) is 73.7 Å². The van der Waals surface area contributed by atoms with Crippen LogP contribution < -0.4 is 4.74 Å². The molecule has 0 N–H and O–H groups in total. The number of carbonyl (C=O) groups is 1. The van der Waals surface area contributed by atoms with Gasteiger partial charge in [0.2, 0.25) is 0 Å². The third kappa shape index (κ3) is 2.40. The number of carbonyl (C=O) groups excluding carboxylic acids is 1. The summed E-state index contributed by atoms with van der Waals surface area (Å²) in [5, 5.41) is 0. The molecule has 0 aromatic heterocycles. The molecule has 124 valence electrons. The topological polar surface area (TPSA) is 35.5 Å². The summed E-state index contributed by atoms with van der Waals surface area (Å²) in [5.74, 6) is 1.15. The first kappa shape index (κ1) is 15.5. The molecule has 1 aliphatic rings. The number of hydrogen-bond donors (Lipinski definition) is 0.